The van der Waals surface area contributed by atoms with Gasteiger partial charge < -0.3 is 23.8 Å². The van der Waals surface area contributed by atoms with Gasteiger partial charge in [0.15, 0.2) is 0 Å². The van der Waals surface area contributed by atoms with Crippen LogP contribution in [0.4, 0.5) is 4.79 Å². The summed E-state index contributed by atoms with van der Waals surface area (Å²) in [6, 6.07) is -0.251. The molecule has 6 atom stereocenters. The van der Waals surface area contributed by atoms with Gasteiger partial charge in [0.1, 0.15) is 20.1 Å². The summed E-state index contributed by atoms with van der Waals surface area (Å²) in [5.41, 5.74) is 1.79. The van der Waals surface area contributed by atoms with E-state index in [2.05, 4.69) is 8.83 Å². The van der Waals surface area contributed by atoms with Crippen LogP contribution in [0, 0.1) is 0 Å². The number of carbonyl (C=O) groups excluding carboxylic acids is 1. The highest BCUT2D eigenvalue weighted by Crippen LogP contribution is 2.56. The number of nitrogens with one attached hydrogen (secondary N) is 2. The van der Waals surface area contributed by atoms with E-state index in [1.165, 1.54) is 4.86 Å². The molecular formula is C9H23BN3O11P3. The normalized spacial score (nSPS) is 29.0. The van der Waals surface area contributed by atoms with E-state index in [1.807, 2.05) is 0 Å². The van der Waals surface area contributed by atoms with Crippen LogP contribution in [0.5, 0.6) is 0 Å². The lowest BCUT2D eigenvalue weighted by Gasteiger charge is -2.27. The zero-order valence-corrected chi connectivity index (χ0v) is 17.4. The first-order chi connectivity index (χ1) is 12.5. The minimum Gasteiger partial charge on any atom is -0.442 e. The third-order valence-electron chi connectivity index (χ3n) is 3.33. The van der Waals surface area contributed by atoms with Gasteiger partial charge in [-0.15, -0.1) is 4.86 Å². The Labute approximate surface area is 156 Å². The third kappa shape index (κ3) is 9.64. The summed E-state index contributed by atoms with van der Waals surface area (Å²) in [7, 11) is -10.5. The van der Waals surface area contributed by atoms with Crippen molar-refractivity contribution in [3.8, 4) is 0 Å². The molecule has 18 heteroatoms. The standard InChI is InChI=1S/C9H23BN3O11P3/c1-20-25(15)24-27(18,19)13-26(16,17)21-5-7-6(23-9(14)12-11)3-2-4-8(10)22-7/h6-8,25H,2-5,10-11H2,1H3,(H,12,14)(H3,13,16,17,18,19)/t6?,7-,8-/m1/s1. The highest BCUT2D eigenvalue weighted by molar-refractivity contribution is 7.69. The van der Waals surface area contributed by atoms with E-state index in [4.69, 9.17) is 19.8 Å². The molecule has 4 unspecified atom stereocenters. The van der Waals surface area contributed by atoms with Gasteiger partial charge in [-0.1, -0.05) is 0 Å². The predicted molar refractivity (Wildman–Crippen MR) is 94.5 cm³/mol. The van der Waals surface area contributed by atoms with Crippen LogP contribution in [0.15, 0.2) is 0 Å². The summed E-state index contributed by atoms with van der Waals surface area (Å²) < 4.78 is 58.4. The maximum atomic E-state index is 12.0. The summed E-state index contributed by atoms with van der Waals surface area (Å²) >= 11 is 0. The highest BCUT2D eigenvalue weighted by Gasteiger charge is 2.37. The number of hydrogen-bond donors (Lipinski definition) is 5. The Morgan fingerprint density at radius 1 is 1.37 bits per heavy atom. The molecule has 0 bridgehead atoms. The highest BCUT2D eigenvalue weighted by atomic mass is 31.3. The monoisotopic (exact) mass is 453 g/mol. The lowest BCUT2D eigenvalue weighted by molar-refractivity contribution is -0.0652. The number of amides is 1. The topological polar surface area (TPSA) is 205 Å². The van der Waals surface area contributed by atoms with Crippen molar-refractivity contribution in [1.82, 2.24) is 10.3 Å². The van der Waals surface area contributed by atoms with Gasteiger partial charge in [-0.3, -0.25) is 14.5 Å². The van der Waals surface area contributed by atoms with Crippen molar-refractivity contribution in [2.75, 3.05) is 13.7 Å². The minimum atomic E-state index is -4.95. The molecule has 1 saturated heterocycles. The molecule has 6 N–H and O–H groups in total. The number of carbonyl (C=O) groups is 1. The first-order valence-corrected chi connectivity index (χ1v) is 12.1. The predicted octanol–water partition coefficient (Wildman–Crippen LogP) is -0.657. The van der Waals surface area contributed by atoms with Crippen LogP contribution in [0.1, 0.15) is 19.3 Å². The van der Waals surface area contributed by atoms with Crippen molar-refractivity contribution in [3.05, 3.63) is 0 Å². The summed E-state index contributed by atoms with van der Waals surface area (Å²) in [4.78, 5) is 31.8. The number of hydrazine groups is 1. The average Bonchev–Trinajstić information content (AvgIpc) is 2.72. The third-order valence-corrected chi connectivity index (χ3v) is 7.77. The Morgan fingerprint density at radius 2 is 2.04 bits per heavy atom. The first kappa shape index (κ1) is 24.7. The Balaban J connectivity index is 2.74. The Morgan fingerprint density at radius 3 is 2.63 bits per heavy atom. The Hall–Kier alpha value is -0.295. The van der Waals surface area contributed by atoms with Gasteiger partial charge >= 0.3 is 29.8 Å². The zero-order chi connectivity index (χ0) is 20.7. The molecule has 1 rings (SSSR count). The largest absolute Gasteiger partial charge is 0.442 e. The molecule has 0 aromatic heterocycles. The minimum absolute atomic E-state index is 0.251. The van der Waals surface area contributed by atoms with E-state index in [-0.39, 0.29) is 6.00 Å². The van der Waals surface area contributed by atoms with Crippen molar-refractivity contribution in [2.45, 2.75) is 37.5 Å². The fraction of sp³-hybridized carbons (Fsp3) is 0.889. The van der Waals surface area contributed by atoms with Gasteiger partial charge in [0.25, 0.3) is 0 Å². The molecule has 1 aliphatic heterocycles. The van der Waals surface area contributed by atoms with Gasteiger partial charge in [-0.2, -0.15) is 0 Å². The molecular weight excluding hydrogens is 430 g/mol. The Bertz CT molecular complexity index is 625. The van der Waals surface area contributed by atoms with E-state index in [0.29, 0.717) is 19.3 Å². The molecule has 0 radical (unpaired) electrons. The molecule has 0 aromatic carbocycles. The van der Waals surface area contributed by atoms with Crippen LogP contribution in [-0.2, 0) is 36.5 Å². The van der Waals surface area contributed by atoms with Gasteiger partial charge in [-0.05, 0) is 19.3 Å². The maximum Gasteiger partial charge on any atom is 0.421 e. The second kappa shape index (κ2) is 11.0. The summed E-state index contributed by atoms with van der Waals surface area (Å²) in [5.74, 6) is 4.97. The molecule has 1 heterocycles. The molecule has 1 amide bonds. The average molecular weight is 453 g/mol. The molecule has 0 saturated carbocycles. The van der Waals surface area contributed by atoms with Crippen LogP contribution in [0.2, 0.25) is 0 Å². The lowest BCUT2D eigenvalue weighted by Crippen LogP contribution is -2.41. The fourth-order valence-corrected chi connectivity index (χ4v) is 5.72. The van der Waals surface area contributed by atoms with Gasteiger partial charge in [0.05, 0.1) is 6.61 Å². The van der Waals surface area contributed by atoms with Crippen molar-refractivity contribution in [3.63, 3.8) is 0 Å². The molecule has 1 aliphatic rings. The van der Waals surface area contributed by atoms with Crippen LogP contribution in [-0.4, -0.2) is 55.7 Å². The van der Waals surface area contributed by atoms with Crippen molar-refractivity contribution in [1.29, 1.82) is 0 Å². The second-order valence-corrected chi connectivity index (χ2v) is 10.3. The first-order valence-electron chi connectivity index (χ1n) is 7.68. The lowest BCUT2D eigenvalue weighted by atomic mass is 9.95. The SMILES string of the molecule is B[C@H]1CCCC(OC(=O)NN)[C@@H](COP(=O)(O)NP(=O)(O)O[PH](=O)OC)O1. The molecule has 27 heavy (non-hydrogen) atoms. The quantitative estimate of drug-likeness (QED) is 0.0968. The van der Waals surface area contributed by atoms with Crippen LogP contribution in [0.3, 0.4) is 0 Å². The number of ether oxygens (including phenoxy) is 2. The summed E-state index contributed by atoms with van der Waals surface area (Å²) in [6.07, 6.45) is -1.01. The molecule has 0 aromatic rings. The van der Waals surface area contributed by atoms with Crippen LogP contribution < -0.4 is 16.1 Å². The van der Waals surface area contributed by atoms with Crippen molar-refractivity contribution in [2.24, 2.45) is 5.84 Å². The number of rotatable bonds is 9. The molecule has 14 nitrogen and oxygen atoms in total. The van der Waals surface area contributed by atoms with Crippen LogP contribution in [0.25, 0.3) is 0 Å². The number of nitrogens with two attached hydrogens (primary N) is 1. The van der Waals surface area contributed by atoms with Gasteiger partial charge in [-0.25, -0.2) is 24.1 Å². The maximum absolute atomic E-state index is 12.0. The molecule has 1 fully saturated rings. The fourth-order valence-electron chi connectivity index (χ4n) is 2.22. The van der Waals surface area contributed by atoms with Crippen molar-refractivity contribution < 1.29 is 51.1 Å². The van der Waals surface area contributed by atoms with E-state index >= 15 is 0 Å². The van der Waals surface area contributed by atoms with E-state index < -0.39 is 48.7 Å². The van der Waals surface area contributed by atoms with Crippen LogP contribution >= 0.6 is 23.7 Å². The molecule has 0 aliphatic carbocycles. The summed E-state index contributed by atoms with van der Waals surface area (Å²) in [6.45, 7) is -0.562. The smallest absolute Gasteiger partial charge is 0.421 e. The van der Waals surface area contributed by atoms with Gasteiger partial charge in [0.2, 0.25) is 0 Å². The number of hydrogen-bond acceptors (Lipinski definition) is 10. The Kier molecular flexibility index (Phi) is 10.1. The van der Waals surface area contributed by atoms with E-state index in [0.717, 1.165) is 7.11 Å². The molecule has 158 valence electrons. The van der Waals surface area contributed by atoms with E-state index in [9.17, 15) is 28.3 Å². The van der Waals surface area contributed by atoms with E-state index in [1.54, 1.807) is 13.3 Å². The molecule has 0 spiro atoms. The second-order valence-electron chi connectivity index (χ2n) is 5.49. The van der Waals surface area contributed by atoms with Crippen molar-refractivity contribution >= 4 is 37.7 Å². The zero-order valence-electron chi connectivity index (χ0n) is 14.6. The van der Waals surface area contributed by atoms with Gasteiger partial charge in [0, 0.05) is 13.1 Å². The summed E-state index contributed by atoms with van der Waals surface area (Å²) in [5, 5.41) is 0.